The zero-order valence-electron chi connectivity index (χ0n) is 11.9. The molecule has 0 aliphatic heterocycles. The molecule has 8 nitrogen and oxygen atoms in total. The Morgan fingerprint density at radius 1 is 1.25 bits per heavy atom. The number of rotatable bonds is 8. The SMILES string of the molecule is CCc1nnc(CSc2nnnn2CCNC(C)C)o1. The minimum Gasteiger partial charge on any atom is -0.424 e. The van der Waals surface area contributed by atoms with E-state index in [1.54, 1.807) is 4.68 Å². The Balaban J connectivity index is 1.85. The Kier molecular flexibility index (Phi) is 5.48. The second-order valence-electron chi connectivity index (χ2n) is 4.53. The molecule has 2 aromatic rings. The summed E-state index contributed by atoms with van der Waals surface area (Å²) >= 11 is 1.49. The van der Waals surface area contributed by atoms with Gasteiger partial charge in [0, 0.05) is 19.0 Å². The molecule has 0 spiro atoms. The molecule has 0 aliphatic rings. The Labute approximate surface area is 121 Å². The summed E-state index contributed by atoms with van der Waals surface area (Å²) in [4.78, 5) is 0. The van der Waals surface area contributed by atoms with Gasteiger partial charge in [-0.1, -0.05) is 32.5 Å². The molecule has 0 amide bonds. The normalized spacial score (nSPS) is 11.4. The van der Waals surface area contributed by atoms with Crippen molar-refractivity contribution in [2.75, 3.05) is 6.54 Å². The molecule has 110 valence electrons. The fourth-order valence-electron chi connectivity index (χ4n) is 1.52. The molecule has 2 heterocycles. The van der Waals surface area contributed by atoms with Crippen molar-refractivity contribution >= 4 is 11.8 Å². The molecule has 9 heteroatoms. The molecule has 2 rings (SSSR count). The van der Waals surface area contributed by atoms with Crippen molar-refractivity contribution in [2.24, 2.45) is 0 Å². The molecule has 0 atom stereocenters. The minimum absolute atomic E-state index is 0.452. The third kappa shape index (κ3) is 4.27. The van der Waals surface area contributed by atoms with Crippen LogP contribution in [0.25, 0.3) is 0 Å². The molecule has 20 heavy (non-hydrogen) atoms. The average Bonchev–Trinajstić information content (AvgIpc) is 3.04. The van der Waals surface area contributed by atoms with Crippen LogP contribution in [0.3, 0.4) is 0 Å². The first-order valence-electron chi connectivity index (χ1n) is 6.62. The van der Waals surface area contributed by atoms with E-state index in [9.17, 15) is 0 Å². The molecule has 0 aliphatic carbocycles. The van der Waals surface area contributed by atoms with Crippen LogP contribution in [0.15, 0.2) is 9.57 Å². The first-order valence-corrected chi connectivity index (χ1v) is 7.61. The lowest BCUT2D eigenvalue weighted by atomic mass is 10.4. The summed E-state index contributed by atoms with van der Waals surface area (Å²) in [5, 5.41) is 23.7. The average molecular weight is 297 g/mol. The molecule has 0 aromatic carbocycles. The van der Waals surface area contributed by atoms with Crippen LogP contribution >= 0.6 is 11.8 Å². The highest BCUT2D eigenvalue weighted by molar-refractivity contribution is 7.98. The maximum Gasteiger partial charge on any atom is 0.226 e. The Hall–Kier alpha value is -1.48. The highest BCUT2D eigenvalue weighted by atomic mass is 32.2. The van der Waals surface area contributed by atoms with Gasteiger partial charge in [0.25, 0.3) is 0 Å². The van der Waals surface area contributed by atoms with Gasteiger partial charge in [-0.05, 0) is 10.4 Å². The van der Waals surface area contributed by atoms with Crippen LogP contribution in [-0.2, 0) is 18.7 Å². The molecule has 0 fully saturated rings. The quantitative estimate of drug-likeness (QED) is 0.718. The van der Waals surface area contributed by atoms with Gasteiger partial charge in [-0.2, -0.15) is 0 Å². The van der Waals surface area contributed by atoms with E-state index in [0.29, 0.717) is 23.6 Å². The van der Waals surface area contributed by atoms with E-state index >= 15 is 0 Å². The monoisotopic (exact) mass is 297 g/mol. The van der Waals surface area contributed by atoms with Gasteiger partial charge in [0.2, 0.25) is 16.9 Å². The fourth-order valence-corrected chi connectivity index (χ4v) is 2.26. The minimum atomic E-state index is 0.452. The lowest BCUT2D eigenvalue weighted by Gasteiger charge is -2.08. The summed E-state index contributed by atoms with van der Waals surface area (Å²) in [5.41, 5.74) is 0. The van der Waals surface area contributed by atoms with Crippen LogP contribution in [0.2, 0.25) is 0 Å². The van der Waals surface area contributed by atoms with E-state index in [1.165, 1.54) is 11.8 Å². The van der Waals surface area contributed by atoms with E-state index in [4.69, 9.17) is 4.42 Å². The topological polar surface area (TPSA) is 94.5 Å². The van der Waals surface area contributed by atoms with Gasteiger partial charge in [0.05, 0.1) is 12.3 Å². The summed E-state index contributed by atoms with van der Waals surface area (Å²) in [6.07, 6.45) is 0.746. The van der Waals surface area contributed by atoms with Gasteiger partial charge in [0.15, 0.2) is 0 Å². The summed E-state index contributed by atoms with van der Waals surface area (Å²) in [5.74, 6) is 1.83. The van der Waals surface area contributed by atoms with Gasteiger partial charge in [0.1, 0.15) is 0 Å². The maximum atomic E-state index is 5.45. The first-order chi connectivity index (χ1) is 9.69. The van der Waals surface area contributed by atoms with Crippen molar-refractivity contribution in [2.45, 2.75) is 50.7 Å². The summed E-state index contributed by atoms with van der Waals surface area (Å²) in [6, 6.07) is 0.452. The van der Waals surface area contributed by atoms with Gasteiger partial charge in [-0.3, -0.25) is 0 Å². The van der Waals surface area contributed by atoms with Crippen molar-refractivity contribution < 1.29 is 4.42 Å². The summed E-state index contributed by atoms with van der Waals surface area (Å²) < 4.78 is 7.23. The number of aryl methyl sites for hydroxylation is 1. The molecule has 0 radical (unpaired) electrons. The highest BCUT2D eigenvalue weighted by Gasteiger charge is 2.10. The zero-order valence-corrected chi connectivity index (χ0v) is 12.7. The van der Waals surface area contributed by atoms with Gasteiger partial charge >= 0.3 is 0 Å². The summed E-state index contributed by atoms with van der Waals surface area (Å²) in [6.45, 7) is 7.76. The molecule has 2 aromatic heterocycles. The second-order valence-corrected chi connectivity index (χ2v) is 5.47. The lowest BCUT2D eigenvalue weighted by Crippen LogP contribution is -2.27. The van der Waals surface area contributed by atoms with Gasteiger partial charge in [-0.25, -0.2) is 4.68 Å². The lowest BCUT2D eigenvalue weighted by molar-refractivity contribution is 0.468. The standard InChI is InChI=1S/C11H19N7OS/c1-4-9-13-14-10(19-9)7-20-11-15-16-17-18(11)6-5-12-8(2)3/h8,12H,4-7H2,1-3H3. The van der Waals surface area contributed by atoms with Crippen LogP contribution in [-0.4, -0.2) is 43.0 Å². The van der Waals surface area contributed by atoms with Crippen molar-refractivity contribution in [1.82, 2.24) is 35.7 Å². The molecule has 1 N–H and O–H groups in total. The van der Waals surface area contributed by atoms with E-state index in [0.717, 1.165) is 24.7 Å². The fraction of sp³-hybridized carbons (Fsp3) is 0.727. The van der Waals surface area contributed by atoms with Crippen molar-refractivity contribution in [3.05, 3.63) is 11.8 Å². The smallest absolute Gasteiger partial charge is 0.226 e. The summed E-state index contributed by atoms with van der Waals surface area (Å²) in [7, 11) is 0. The van der Waals surface area contributed by atoms with E-state index in [2.05, 4.69) is 44.9 Å². The van der Waals surface area contributed by atoms with Crippen molar-refractivity contribution in [1.29, 1.82) is 0 Å². The Morgan fingerprint density at radius 2 is 2.05 bits per heavy atom. The first kappa shape index (κ1) is 14.9. The second kappa shape index (κ2) is 7.34. The molecular weight excluding hydrogens is 278 g/mol. The number of hydrogen-bond acceptors (Lipinski definition) is 8. The van der Waals surface area contributed by atoms with Gasteiger partial charge in [-0.15, -0.1) is 15.3 Å². The largest absolute Gasteiger partial charge is 0.424 e. The number of tetrazole rings is 1. The van der Waals surface area contributed by atoms with Crippen LogP contribution in [0.1, 0.15) is 32.6 Å². The molecule has 0 bridgehead atoms. The van der Waals surface area contributed by atoms with Crippen LogP contribution in [0, 0.1) is 0 Å². The molecule has 0 saturated heterocycles. The van der Waals surface area contributed by atoms with E-state index in [1.807, 2.05) is 6.92 Å². The number of aromatic nitrogens is 6. The maximum absolute atomic E-state index is 5.45. The predicted molar refractivity (Wildman–Crippen MR) is 74.2 cm³/mol. The van der Waals surface area contributed by atoms with Crippen molar-refractivity contribution in [3.63, 3.8) is 0 Å². The zero-order chi connectivity index (χ0) is 14.4. The third-order valence-corrected chi connectivity index (χ3v) is 3.45. The predicted octanol–water partition coefficient (Wildman–Crippen LogP) is 0.909. The molecule has 0 saturated carbocycles. The van der Waals surface area contributed by atoms with E-state index < -0.39 is 0 Å². The number of hydrogen-bond donors (Lipinski definition) is 1. The highest BCUT2D eigenvalue weighted by Crippen LogP contribution is 2.19. The third-order valence-electron chi connectivity index (χ3n) is 2.51. The number of thioether (sulfide) groups is 1. The van der Waals surface area contributed by atoms with E-state index in [-0.39, 0.29) is 0 Å². The van der Waals surface area contributed by atoms with Gasteiger partial charge < -0.3 is 9.73 Å². The Morgan fingerprint density at radius 3 is 2.75 bits per heavy atom. The number of nitrogens with zero attached hydrogens (tertiary/aromatic N) is 6. The molecular formula is C11H19N7OS. The van der Waals surface area contributed by atoms with Crippen LogP contribution < -0.4 is 5.32 Å². The van der Waals surface area contributed by atoms with Crippen molar-refractivity contribution in [3.8, 4) is 0 Å². The Bertz CT molecular complexity index is 524. The van der Waals surface area contributed by atoms with Crippen LogP contribution in [0.4, 0.5) is 0 Å². The number of nitrogens with one attached hydrogen (secondary N) is 1. The van der Waals surface area contributed by atoms with Crippen LogP contribution in [0.5, 0.6) is 0 Å². The molecule has 0 unspecified atom stereocenters.